The predicted molar refractivity (Wildman–Crippen MR) is 104 cm³/mol. The van der Waals surface area contributed by atoms with E-state index in [0.29, 0.717) is 6.54 Å². The number of nitro groups is 1. The van der Waals surface area contributed by atoms with Gasteiger partial charge < -0.3 is 10.2 Å². The molecule has 2 aromatic carbocycles. The van der Waals surface area contributed by atoms with Crippen molar-refractivity contribution < 1.29 is 9.72 Å². The quantitative estimate of drug-likeness (QED) is 0.320. The van der Waals surface area contributed by atoms with Gasteiger partial charge in [0.2, 0.25) is 0 Å². The highest BCUT2D eigenvalue weighted by Crippen LogP contribution is 2.23. The largest absolute Gasteiger partial charge is 0.338 e. The van der Waals surface area contributed by atoms with E-state index in [2.05, 4.69) is 17.4 Å². The molecule has 0 unspecified atom stereocenters. The topological polar surface area (TPSA) is 75.5 Å². The molecule has 138 valence electrons. The van der Waals surface area contributed by atoms with Gasteiger partial charge in [-0.25, -0.2) is 4.79 Å². The zero-order chi connectivity index (χ0) is 18.9. The van der Waals surface area contributed by atoms with E-state index in [-0.39, 0.29) is 17.8 Å². The van der Waals surface area contributed by atoms with Crippen LogP contribution in [0.1, 0.15) is 24.9 Å². The van der Waals surface area contributed by atoms with Crippen molar-refractivity contribution in [2.24, 2.45) is 0 Å². The number of rotatable bonds is 8. The molecule has 0 spiro atoms. The minimum absolute atomic E-state index is 0.0288. The van der Waals surface area contributed by atoms with Crippen LogP contribution in [0.4, 0.5) is 10.5 Å². The number of urea groups is 1. The summed E-state index contributed by atoms with van der Waals surface area (Å²) in [4.78, 5) is 25.5. The molecule has 0 radical (unpaired) electrons. The normalized spacial score (nSPS) is 11.6. The summed E-state index contributed by atoms with van der Waals surface area (Å²) in [6.07, 6.45) is 0.865. The van der Waals surface area contributed by atoms with E-state index in [1.165, 1.54) is 17.0 Å². The van der Waals surface area contributed by atoms with Gasteiger partial charge in [0.05, 0.1) is 11.0 Å². The van der Waals surface area contributed by atoms with Crippen molar-refractivity contribution in [3.63, 3.8) is 0 Å². The van der Waals surface area contributed by atoms with Crippen molar-refractivity contribution in [2.45, 2.75) is 24.3 Å². The Balaban J connectivity index is 1.77. The number of non-ortho nitro benzene ring substituents is 1. The zero-order valence-corrected chi connectivity index (χ0v) is 15.7. The van der Waals surface area contributed by atoms with Gasteiger partial charge >= 0.3 is 6.03 Å². The van der Waals surface area contributed by atoms with E-state index in [9.17, 15) is 14.9 Å². The van der Waals surface area contributed by atoms with Crippen LogP contribution in [0, 0.1) is 10.1 Å². The average Bonchev–Trinajstić information content (AvgIpc) is 2.67. The summed E-state index contributed by atoms with van der Waals surface area (Å²) in [5.74, 6) is 0.925. The molecule has 0 saturated heterocycles. The molecule has 6 nitrogen and oxygen atoms in total. The van der Waals surface area contributed by atoms with Gasteiger partial charge in [-0.1, -0.05) is 30.3 Å². The van der Waals surface area contributed by atoms with Gasteiger partial charge in [0.1, 0.15) is 0 Å². The van der Waals surface area contributed by atoms with Crippen LogP contribution < -0.4 is 5.32 Å². The van der Waals surface area contributed by atoms with E-state index < -0.39 is 4.92 Å². The van der Waals surface area contributed by atoms with E-state index in [0.717, 1.165) is 17.7 Å². The van der Waals surface area contributed by atoms with Crippen LogP contribution in [0.3, 0.4) is 0 Å². The molecular weight excluding hydrogens is 350 g/mol. The molecule has 0 bridgehead atoms. The Kier molecular flexibility index (Phi) is 7.47. The van der Waals surface area contributed by atoms with Crippen LogP contribution >= 0.6 is 11.8 Å². The molecule has 0 heterocycles. The van der Waals surface area contributed by atoms with Crippen LogP contribution in [0.15, 0.2) is 59.5 Å². The molecule has 2 aromatic rings. The van der Waals surface area contributed by atoms with E-state index in [1.807, 2.05) is 25.1 Å². The first-order valence-corrected chi connectivity index (χ1v) is 9.40. The minimum atomic E-state index is -0.430. The maximum absolute atomic E-state index is 12.3. The van der Waals surface area contributed by atoms with Crippen LogP contribution in [0.2, 0.25) is 0 Å². The number of hydrogen-bond donors (Lipinski definition) is 1. The standard InChI is InChI=1S/C19H23N3O3S/c1-15(16-8-6-9-17(14-16)22(24)25)21(2)19(23)20-12-7-13-26-18-10-4-3-5-11-18/h3-6,8-11,14-15H,7,12-13H2,1-2H3,(H,20,23)/t15-/m0/s1. The molecular formula is C19H23N3O3S. The smallest absolute Gasteiger partial charge is 0.317 e. The van der Waals surface area contributed by atoms with Crippen LogP contribution in [-0.4, -0.2) is 35.2 Å². The molecule has 1 N–H and O–H groups in total. The monoisotopic (exact) mass is 373 g/mol. The third-order valence-electron chi connectivity index (χ3n) is 4.07. The lowest BCUT2D eigenvalue weighted by Gasteiger charge is -2.25. The maximum atomic E-state index is 12.3. The molecule has 2 rings (SSSR count). The molecule has 26 heavy (non-hydrogen) atoms. The number of benzene rings is 2. The Labute approximate surface area is 157 Å². The number of nitrogens with one attached hydrogen (secondary N) is 1. The second-order valence-corrected chi connectivity index (χ2v) is 7.05. The van der Waals surface area contributed by atoms with E-state index in [1.54, 1.807) is 35.8 Å². The van der Waals surface area contributed by atoms with Crippen molar-refractivity contribution in [3.8, 4) is 0 Å². The van der Waals surface area contributed by atoms with Gasteiger partial charge in [0.15, 0.2) is 0 Å². The predicted octanol–water partition coefficient (Wildman–Crippen LogP) is 4.48. The molecule has 0 aliphatic heterocycles. The summed E-state index contributed by atoms with van der Waals surface area (Å²) in [5.41, 5.74) is 0.762. The Morgan fingerprint density at radius 3 is 2.65 bits per heavy atom. The fraction of sp³-hybridized carbons (Fsp3) is 0.316. The highest BCUT2D eigenvalue weighted by atomic mass is 32.2. The molecule has 0 aromatic heterocycles. The van der Waals surface area contributed by atoms with Gasteiger partial charge in [0.25, 0.3) is 5.69 Å². The third-order valence-corrected chi connectivity index (χ3v) is 5.17. The Morgan fingerprint density at radius 1 is 1.23 bits per heavy atom. The van der Waals surface area contributed by atoms with Gasteiger partial charge in [-0.05, 0) is 36.8 Å². The SMILES string of the molecule is C[C@@H](c1cccc([N+](=O)[O-])c1)N(C)C(=O)NCCCSc1ccccc1. The summed E-state index contributed by atoms with van der Waals surface area (Å²) in [5, 5.41) is 13.8. The third kappa shape index (κ3) is 5.77. The summed E-state index contributed by atoms with van der Waals surface area (Å²) in [6.45, 7) is 2.44. The molecule has 0 aliphatic rings. The first-order chi connectivity index (χ1) is 12.5. The van der Waals surface area contributed by atoms with E-state index in [4.69, 9.17) is 0 Å². The Morgan fingerprint density at radius 2 is 1.96 bits per heavy atom. The fourth-order valence-corrected chi connectivity index (χ4v) is 3.27. The lowest BCUT2D eigenvalue weighted by Crippen LogP contribution is -2.39. The molecule has 1 atom stereocenters. The number of amides is 2. The van der Waals surface area contributed by atoms with Crippen molar-refractivity contribution in [2.75, 3.05) is 19.3 Å². The fourth-order valence-electron chi connectivity index (χ4n) is 2.40. The van der Waals surface area contributed by atoms with Crippen molar-refractivity contribution in [3.05, 3.63) is 70.3 Å². The summed E-state index contributed by atoms with van der Waals surface area (Å²) < 4.78 is 0. The second-order valence-electron chi connectivity index (χ2n) is 5.89. The number of hydrogen-bond acceptors (Lipinski definition) is 4. The molecule has 0 aliphatic carbocycles. The first-order valence-electron chi connectivity index (χ1n) is 8.42. The number of carbonyl (C=O) groups excluding carboxylic acids is 1. The number of nitrogens with zero attached hydrogens (tertiary/aromatic N) is 2. The van der Waals surface area contributed by atoms with Crippen molar-refractivity contribution >= 4 is 23.5 Å². The highest BCUT2D eigenvalue weighted by molar-refractivity contribution is 7.99. The summed E-state index contributed by atoms with van der Waals surface area (Å²) in [6, 6.07) is 16.1. The molecule has 7 heteroatoms. The van der Waals surface area contributed by atoms with Crippen LogP contribution in [0.5, 0.6) is 0 Å². The first kappa shape index (κ1) is 19.8. The second kappa shape index (κ2) is 9.82. The van der Waals surface area contributed by atoms with Gasteiger partial charge in [-0.2, -0.15) is 0 Å². The number of carbonyl (C=O) groups is 1. The van der Waals surface area contributed by atoms with Gasteiger partial charge in [0, 0.05) is 30.6 Å². The molecule has 2 amide bonds. The van der Waals surface area contributed by atoms with E-state index >= 15 is 0 Å². The molecule has 0 fully saturated rings. The lowest BCUT2D eigenvalue weighted by atomic mass is 10.1. The van der Waals surface area contributed by atoms with Gasteiger partial charge in [-0.15, -0.1) is 11.8 Å². The Bertz CT molecular complexity index is 740. The number of thioether (sulfide) groups is 1. The molecule has 0 saturated carbocycles. The average molecular weight is 373 g/mol. The maximum Gasteiger partial charge on any atom is 0.317 e. The highest BCUT2D eigenvalue weighted by Gasteiger charge is 2.18. The van der Waals surface area contributed by atoms with Crippen molar-refractivity contribution in [1.82, 2.24) is 10.2 Å². The zero-order valence-electron chi connectivity index (χ0n) is 14.9. The Hall–Kier alpha value is -2.54. The summed E-state index contributed by atoms with van der Waals surface area (Å²) in [7, 11) is 1.69. The van der Waals surface area contributed by atoms with Crippen molar-refractivity contribution in [1.29, 1.82) is 0 Å². The minimum Gasteiger partial charge on any atom is -0.338 e. The summed E-state index contributed by atoms with van der Waals surface area (Å²) >= 11 is 1.76. The van der Waals surface area contributed by atoms with Gasteiger partial charge in [-0.3, -0.25) is 10.1 Å². The van der Waals surface area contributed by atoms with Crippen LogP contribution in [0.25, 0.3) is 0 Å². The lowest BCUT2D eigenvalue weighted by molar-refractivity contribution is -0.384. The van der Waals surface area contributed by atoms with Crippen LogP contribution in [-0.2, 0) is 0 Å². The number of nitro benzene ring substituents is 1.